The largest absolute Gasteiger partial charge is 0.472 e. The summed E-state index contributed by atoms with van der Waals surface area (Å²) in [5.41, 5.74) is 0. The van der Waals surface area contributed by atoms with Gasteiger partial charge in [-0.25, -0.2) is 4.57 Å². The lowest BCUT2D eigenvalue weighted by Crippen LogP contribution is -2.46. The van der Waals surface area contributed by atoms with Crippen LogP contribution in [0.4, 0.5) is 0 Å². The molecule has 0 aliphatic heterocycles. The molecule has 0 aliphatic carbocycles. The van der Waals surface area contributed by atoms with Crippen molar-refractivity contribution in [2.24, 2.45) is 0 Å². The first kappa shape index (κ1) is 87.5. The zero-order valence-corrected chi connectivity index (χ0v) is 61.7. The van der Waals surface area contributed by atoms with E-state index in [1.807, 2.05) is 21.1 Å². The number of unbranched alkanes of at least 4 members (excludes halogenated alkanes) is 64. The molecule has 1 amide bonds. The number of phosphoric acid groups is 1. The highest BCUT2D eigenvalue weighted by Crippen LogP contribution is 2.43. The van der Waals surface area contributed by atoms with Crippen molar-refractivity contribution in [3.63, 3.8) is 0 Å². The molecular formula is C79H162N2O6P+. The van der Waals surface area contributed by atoms with Crippen LogP contribution in [0.2, 0.25) is 0 Å². The van der Waals surface area contributed by atoms with Crippen molar-refractivity contribution in [1.29, 1.82) is 0 Å². The monoisotopic (exact) mass is 1270 g/mol. The number of phosphoric ester groups is 1. The van der Waals surface area contributed by atoms with Crippen LogP contribution in [0.1, 0.15) is 450 Å². The topological polar surface area (TPSA) is 105 Å². The van der Waals surface area contributed by atoms with Crippen molar-refractivity contribution in [2.45, 2.75) is 463 Å². The molecule has 3 N–H and O–H groups in total. The van der Waals surface area contributed by atoms with Crippen molar-refractivity contribution in [2.75, 3.05) is 40.9 Å². The van der Waals surface area contributed by atoms with E-state index < -0.39 is 20.0 Å². The van der Waals surface area contributed by atoms with E-state index in [2.05, 4.69) is 19.2 Å². The van der Waals surface area contributed by atoms with Crippen LogP contribution in [0.3, 0.4) is 0 Å². The molecule has 0 aromatic carbocycles. The zero-order valence-electron chi connectivity index (χ0n) is 60.8. The van der Waals surface area contributed by atoms with Gasteiger partial charge in [-0.15, -0.1) is 0 Å². The van der Waals surface area contributed by atoms with Crippen molar-refractivity contribution in [3.8, 4) is 0 Å². The van der Waals surface area contributed by atoms with Gasteiger partial charge < -0.3 is 19.8 Å². The van der Waals surface area contributed by atoms with Crippen molar-refractivity contribution >= 4 is 13.7 Å². The third kappa shape index (κ3) is 72.9. The SMILES string of the molecule is CCCCCCCCCCCCCCCCCCCCCCCCCCCCCCCCCCCCCCC(=O)NC(COP(=O)(O)OCC[N+](C)(C)C)C(O)CCCCCCCCCCCCCCCCCCCCCCCCCCCCCCCC. The first-order valence-corrected chi connectivity index (χ1v) is 41.9. The van der Waals surface area contributed by atoms with Crippen LogP contribution in [0.5, 0.6) is 0 Å². The second kappa shape index (κ2) is 70.8. The molecule has 0 saturated heterocycles. The first-order chi connectivity index (χ1) is 43.0. The van der Waals surface area contributed by atoms with Gasteiger partial charge in [0.15, 0.2) is 0 Å². The van der Waals surface area contributed by atoms with Crippen LogP contribution in [0.15, 0.2) is 0 Å². The molecule has 9 heteroatoms. The predicted molar refractivity (Wildman–Crippen MR) is 388 cm³/mol. The quantitative estimate of drug-likeness (QED) is 0.0318. The summed E-state index contributed by atoms with van der Waals surface area (Å²) < 4.78 is 24.0. The smallest absolute Gasteiger partial charge is 0.391 e. The fraction of sp³-hybridized carbons (Fsp3) is 0.987. The van der Waals surface area contributed by atoms with E-state index in [0.717, 1.165) is 38.5 Å². The number of carbonyl (C=O) groups excluding carboxylic acids is 1. The molecule has 0 saturated carbocycles. The standard InChI is InChI=1S/C79H161N2O6P/c1-6-8-10-12-14-16-18-20-22-24-26-28-30-32-34-36-38-39-40-41-42-43-45-47-49-51-53-55-57-59-61-63-65-67-69-71-73-79(83)80-77(76-87-88(84,85)86-75-74-81(3,4)5)78(82)72-70-68-66-64-62-60-58-56-54-52-50-48-46-44-37-35-33-31-29-27-25-23-21-19-17-15-13-11-9-7-2/h77-78,82H,6-76H2,1-5H3,(H-,80,83,84,85)/p+1. The Bertz CT molecular complexity index is 1390. The molecule has 0 heterocycles. The molecule has 0 spiro atoms. The minimum Gasteiger partial charge on any atom is -0.391 e. The van der Waals surface area contributed by atoms with Gasteiger partial charge in [0.1, 0.15) is 13.2 Å². The number of amides is 1. The van der Waals surface area contributed by atoms with E-state index in [-0.39, 0.29) is 19.1 Å². The lowest BCUT2D eigenvalue weighted by atomic mass is 10.0. The molecule has 0 aliphatic rings. The zero-order chi connectivity index (χ0) is 64.1. The van der Waals surface area contributed by atoms with Crippen molar-refractivity contribution in [1.82, 2.24) is 5.32 Å². The molecule has 88 heavy (non-hydrogen) atoms. The summed E-state index contributed by atoms with van der Waals surface area (Å²) in [6, 6.07) is -0.758. The Morgan fingerprint density at radius 1 is 0.341 bits per heavy atom. The van der Waals surface area contributed by atoms with Gasteiger partial charge in [-0.05, 0) is 12.8 Å². The Morgan fingerprint density at radius 2 is 0.545 bits per heavy atom. The summed E-state index contributed by atoms with van der Waals surface area (Å²) in [4.78, 5) is 23.5. The van der Waals surface area contributed by atoms with Crippen LogP contribution in [-0.4, -0.2) is 73.4 Å². The van der Waals surface area contributed by atoms with E-state index in [1.54, 1.807) is 0 Å². The number of likely N-dealkylation sites (N-methyl/N-ethyl adjacent to an activating group) is 1. The Balaban J connectivity index is 3.88. The predicted octanol–water partition coefficient (Wildman–Crippen LogP) is 26.2. The van der Waals surface area contributed by atoms with Crippen LogP contribution >= 0.6 is 7.82 Å². The summed E-state index contributed by atoms with van der Waals surface area (Å²) in [5.74, 6) is -0.131. The Labute approximate surface area is 552 Å². The van der Waals surface area contributed by atoms with Gasteiger partial charge in [0, 0.05) is 6.42 Å². The second-order valence-corrected chi connectivity index (χ2v) is 31.0. The van der Waals surface area contributed by atoms with Crippen LogP contribution in [0.25, 0.3) is 0 Å². The molecule has 0 fully saturated rings. The maximum absolute atomic E-state index is 13.1. The molecule has 8 nitrogen and oxygen atoms in total. The molecule has 528 valence electrons. The minimum absolute atomic E-state index is 0.0797. The van der Waals surface area contributed by atoms with Gasteiger partial charge in [0.05, 0.1) is 39.9 Å². The number of hydrogen-bond acceptors (Lipinski definition) is 5. The van der Waals surface area contributed by atoms with E-state index in [0.29, 0.717) is 23.9 Å². The second-order valence-electron chi connectivity index (χ2n) is 29.5. The maximum atomic E-state index is 13.1. The average Bonchev–Trinajstić information content (AvgIpc) is 3.70. The summed E-state index contributed by atoms with van der Waals surface area (Å²) >= 11 is 0. The molecular weight excluding hydrogens is 1100 g/mol. The van der Waals surface area contributed by atoms with E-state index in [9.17, 15) is 19.4 Å². The van der Waals surface area contributed by atoms with Gasteiger partial charge in [0.2, 0.25) is 5.91 Å². The summed E-state index contributed by atoms with van der Waals surface area (Å²) in [6.07, 6.45) is 91.2. The molecule has 3 atom stereocenters. The Hall–Kier alpha value is -0.500. The molecule has 0 rings (SSSR count). The first-order valence-electron chi connectivity index (χ1n) is 40.4. The number of hydrogen-bond donors (Lipinski definition) is 3. The number of nitrogens with one attached hydrogen (secondary N) is 1. The Morgan fingerprint density at radius 3 is 0.761 bits per heavy atom. The normalized spacial score (nSPS) is 13.4. The van der Waals surface area contributed by atoms with E-state index in [1.165, 1.54) is 385 Å². The van der Waals surface area contributed by atoms with Gasteiger partial charge in [-0.2, -0.15) is 0 Å². The summed E-state index contributed by atoms with van der Waals surface area (Å²) in [5, 5.41) is 14.2. The minimum atomic E-state index is -4.33. The highest BCUT2D eigenvalue weighted by molar-refractivity contribution is 7.47. The van der Waals surface area contributed by atoms with Gasteiger partial charge in [-0.1, -0.05) is 431 Å². The van der Waals surface area contributed by atoms with Crippen LogP contribution < -0.4 is 5.32 Å². The Kier molecular flexibility index (Phi) is 70.4. The fourth-order valence-corrected chi connectivity index (χ4v) is 13.9. The number of carbonyl (C=O) groups is 1. The summed E-state index contributed by atoms with van der Waals surface area (Å²) in [7, 11) is 1.65. The van der Waals surface area contributed by atoms with Crippen LogP contribution in [0, 0.1) is 0 Å². The lowest BCUT2D eigenvalue weighted by Gasteiger charge is -2.26. The average molecular weight is 1270 g/mol. The van der Waals surface area contributed by atoms with Crippen molar-refractivity contribution in [3.05, 3.63) is 0 Å². The van der Waals surface area contributed by atoms with E-state index >= 15 is 0 Å². The number of rotatable bonds is 77. The fourth-order valence-electron chi connectivity index (χ4n) is 13.1. The molecule has 0 aromatic rings. The highest BCUT2D eigenvalue weighted by Gasteiger charge is 2.28. The third-order valence-corrected chi connectivity index (χ3v) is 20.3. The number of aliphatic hydroxyl groups is 1. The number of nitrogens with zero attached hydrogens (tertiary/aromatic N) is 1. The van der Waals surface area contributed by atoms with Gasteiger partial charge >= 0.3 is 7.82 Å². The van der Waals surface area contributed by atoms with Gasteiger partial charge in [-0.3, -0.25) is 13.8 Å². The van der Waals surface area contributed by atoms with Crippen molar-refractivity contribution < 1.29 is 32.9 Å². The maximum Gasteiger partial charge on any atom is 0.472 e. The third-order valence-electron chi connectivity index (χ3n) is 19.4. The molecule has 0 bridgehead atoms. The number of quaternary nitrogens is 1. The summed E-state index contributed by atoms with van der Waals surface area (Å²) in [6.45, 7) is 4.98. The molecule has 0 aromatic heterocycles. The van der Waals surface area contributed by atoms with Crippen LogP contribution in [-0.2, 0) is 18.4 Å². The van der Waals surface area contributed by atoms with Gasteiger partial charge in [0.25, 0.3) is 0 Å². The number of aliphatic hydroxyl groups excluding tert-OH is 1. The highest BCUT2D eigenvalue weighted by atomic mass is 31.2. The molecule has 3 unspecified atom stereocenters. The molecule has 0 radical (unpaired) electrons. The lowest BCUT2D eigenvalue weighted by molar-refractivity contribution is -0.870. The van der Waals surface area contributed by atoms with E-state index in [4.69, 9.17) is 9.05 Å².